The fraction of sp³-hybridized carbons (Fsp3) is 0.368. The monoisotopic (exact) mass is 438 g/mol. The van der Waals surface area contributed by atoms with Gasteiger partial charge >= 0.3 is 0 Å². The van der Waals surface area contributed by atoms with E-state index in [0.717, 1.165) is 6.26 Å². The van der Waals surface area contributed by atoms with Gasteiger partial charge in [0.1, 0.15) is 0 Å². The Morgan fingerprint density at radius 1 is 1.31 bits per heavy atom. The first-order valence-electron chi connectivity index (χ1n) is 8.73. The SMILES string of the molecule is Cc1cc(-c2c(S(C)(=O)=O)ccc(C(=O)C3C(=O)CC(C)N(C)C3=O)c2Cl)on1. The highest BCUT2D eigenvalue weighted by Crippen LogP contribution is 2.38. The molecule has 29 heavy (non-hydrogen) atoms. The average molecular weight is 439 g/mol. The highest BCUT2D eigenvalue weighted by atomic mass is 35.5. The first-order valence-corrected chi connectivity index (χ1v) is 11.0. The zero-order valence-corrected chi connectivity index (χ0v) is 17.8. The lowest BCUT2D eigenvalue weighted by Gasteiger charge is -2.33. The molecule has 0 radical (unpaired) electrons. The third-order valence-electron chi connectivity index (χ3n) is 4.98. The number of piperidine rings is 1. The summed E-state index contributed by atoms with van der Waals surface area (Å²) < 4.78 is 29.6. The number of sulfone groups is 1. The number of rotatable bonds is 4. The molecule has 0 saturated carbocycles. The van der Waals surface area contributed by atoms with E-state index in [4.69, 9.17) is 16.1 Å². The largest absolute Gasteiger partial charge is 0.356 e. The zero-order chi connectivity index (χ0) is 21.7. The molecule has 1 aromatic heterocycles. The van der Waals surface area contributed by atoms with Crippen LogP contribution in [-0.4, -0.2) is 55.3 Å². The lowest BCUT2D eigenvalue weighted by atomic mass is 9.85. The van der Waals surface area contributed by atoms with Gasteiger partial charge in [0.25, 0.3) is 0 Å². The maximum atomic E-state index is 13.1. The number of amides is 1. The molecule has 0 bridgehead atoms. The molecule has 1 aromatic carbocycles. The van der Waals surface area contributed by atoms with Gasteiger partial charge in [0.15, 0.2) is 33.1 Å². The minimum atomic E-state index is -3.73. The number of benzene rings is 1. The van der Waals surface area contributed by atoms with E-state index < -0.39 is 33.2 Å². The second-order valence-corrected chi connectivity index (χ2v) is 9.53. The van der Waals surface area contributed by atoms with Crippen molar-refractivity contribution in [3.63, 3.8) is 0 Å². The van der Waals surface area contributed by atoms with E-state index in [9.17, 15) is 22.8 Å². The molecule has 2 heterocycles. The predicted molar refractivity (Wildman–Crippen MR) is 104 cm³/mol. The Morgan fingerprint density at radius 3 is 2.52 bits per heavy atom. The fourth-order valence-corrected chi connectivity index (χ4v) is 4.58. The van der Waals surface area contributed by atoms with Crippen LogP contribution in [0, 0.1) is 12.8 Å². The van der Waals surface area contributed by atoms with E-state index in [1.165, 1.54) is 30.1 Å². The normalized spacial score (nSPS) is 20.2. The van der Waals surface area contributed by atoms with E-state index >= 15 is 0 Å². The average Bonchev–Trinajstić information content (AvgIpc) is 3.04. The molecule has 2 atom stereocenters. The molecule has 0 N–H and O–H groups in total. The van der Waals surface area contributed by atoms with Crippen LogP contribution in [0.3, 0.4) is 0 Å². The maximum absolute atomic E-state index is 13.1. The number of hydrogen-bond donors (Lipinski definition) is 0. The van der Waals surface area contributed by atoms with Crippen LogP contribution in [0.25, 0.3) is 11.3 Å². The highest BCUT2D eigenvalue weighted by molar-refractivity contribution is 7.90. The molecule has 1 saturated heterocycles. The van der Waals surface area contributed by atoms with Crippen molar-refractivity contribution in [1.82, 2.24) is 10.1 Å². The van der Waals surface area contributed by atoms with Crippen LogP contribution >= 0.6 is 11.6 Å². The van der Waals surface area contributed by atoms with E-state index in [1.807, 2.05) is 0 Å². The number of ketones is 2. The van der Waals surface area contributed by atoms with Gasteiger partial charge in [-0.15, -0.1) is 0 Å². The topological polar surface area (TPSA) is 115 Å². The molecular weight excluding hydrogens is 420 g/mol. The molecule has 10 heteroatoms. The molecule has 3 rings (SSSR count). The van der Waals surface area contributed by atoms with Crippen LogP contribution in [0.4, 0.5) is 0 Å². The third kappa shape index (κ3) is 3.72. The summed E-state index contributed by atoms with van der Waals surface area (Å²) in [6.07, 6.45) is 1.04. The lowest BCUT2D eigenvalue weighted by Crippen LogP contribution is -2.51. The minimum absolute atomic E-state index is 0.0296. The number of carbonyl (C=O) groups is 3. The van der Waals surface area contributed by atoms with Crippen LogP contribution in [-0.2, 0) is 19.4 Å². The summed E-state index contributed by atoms with van der Waals surface area (Å²) in [5.41, 5.74) is 0.330. The van der Waals surface area contributed by atoms with Gasteiger partial charge in [0.2, 0.25) is 5.91 Å². The zero-order valence-electron chi connectivity index (χ0n) is 16.2. The Morgan fingerprint density at radius 2 is 1.97 bits per heavy atom. The smallest absolute Gasteiger partial charge is 0.241 e. The van der Waals surface area contributed by atoms with Crippen molar-refractivity contribution in [3.05, 3.63) is 34.5 Å². The van der Waals surface area contributed by atoms with E-state index in [0.29, 0.717) is 5.69 Å². The molecule has 2 aromatic rings. The molecule has 1 aliphatic heterocycles. The molecule has 1 aliphatic rings. The predicted octanol–water partition coefficient (Wildman–Crippen LogP) is 2.33. The van der Waals surface area contributed by atoms with Crippen molar-refractivity contribution >= 4 is 38.9 Å². The van der Waals surface area contributed by atoms with E-state index in [1.54, 1.807) is 13.8 Å². The summed E-state index contributed by atoms with van der Waals surface area (Å²) >= 11 is 6.43. The summed E-state index contributed by atoms with van der Waals surface area (Å²) in [4.78, 5) is 39.3. The number of Topliss-reactive ketones (excluding diaryl/α,β-unsaturated/α-hetero) is 2. The lowest BCUT2D eigenvalue weighted by molar-refractivity contribution is -0.144. The van der Waals surface area contributed by atoms with Crippen molar-refractivity contribution in [3.8, 4) is 11.3 Å². The summed E-state index contributed by atoms with van der Waals surface area (Å²) in [7, 11) is -2.20. The fourth-order valence-electron chi connectivity index (χ4n) is 3.29. The Bertz CT molecular complexity index is 1140. The van der Waals surface area contributed by atoms with Crippen molar-refractivity contribution < 1.29 is 27.3 Å². The summed E-state index contributed by atoms with van der Waals surface area (Å²) in [5, 5.41) is 3.52. The Labute approximate surface area is 172 Å². The van der Waals surface area contributed by atoms with Gasteiger partial charge in [-0.25, -0.2) is 8.42 Å². The van der Waals surface area contributed by atoms with Crippen LogP contribution in [0.2, 0.25) is 5.02 Å². The standard InChI is InChI=1S/C19H19ClN2O6S/c1-9-7-13(28-21-9)16-14(29(4,26)27)6-5-11(17(16)20)18(24)15-12(23)8-10(2)22(3)19(15)25/h5-7,10,15H,8H2,1-4H3. The molecule has 8 nitrogen and oxygen atoms in total. The first-order chi connectivity index (χ1) is 13.4. The van der Waals surface area contributed by atoms with Gasteiger partial charge < -0.3 is 9.42 Å². The van der Waals surface area contributed by atoms with Crippen molar-refractivity contribution in [2.45, 2.75) is 31.2 Å². The number of likely N-dealkylation sites (tertiary alicyclic amines) is 1. The summed E-state index contributed by atoms with van der Waals surface area (Å²) in [6.45, 7) is 3.36. The van der Waals surface area contributed by atoms with Crippen molar-refractivity contribution in [1.29, 1.82) is 0 Å². The molecule has 2 unspecified atom stereocenters. The number of carbonyl (C=O) groups excluding carboxylic acids is 3. The first kappa shape index (κ1) is 21.2. The molecular formula is C19H19ClN2O6S. The number of nitrogens with zero attached hydrogens (tertiary/aromatic N) is 2. The second-order valence-electron chi connectivity index (χ2n) is 7.17. The molecule has 0 aliphatic carbocycles. The maximum Gasteiger partial charge on any atom is 0.241 e. The van der Waals surface area contributed by atoms with Crippen molar-refractivity contribution in [2.24, 2.45) is 5.92 Å². The second kappa shape index (κ2) is 7.38. The van der Waals surface area contributed by atoms with Crippen molar-refractivity contribution in [2.75, 3.05) is 13.3 Å². The van der Waals surface area contributed by atoms with Crippen LogP contribution < -0.4 is 0 Å². The molecule has 154 valence electrons. The summed E-state index contributed by atoms with van der Waals surface area (Å²) in [5.74, 6) is -3.33. The molecule has 0 spiro atoms. The van der Waals surface area contributed by atoms with Crippen LogP contribution in [0.1, 0.15) is 29.4 Å². The number of halogens is 1. The van der Waals surface area contributed by atoms with Gasteiger partial charge in [-0.1, -0.05) is 16.8 Å². The summed E-state index contributed by atoms with van der Waals surface area (Å²) in [6, 6.07) is 3.60. The number of aromatic nitrogens is 1. The van der Waals surface area contributed by atoms with E-state index in [2.05, 4.69) is 5.16 Å². The highest BCUT2D eigenvalue weighted by Gasteiger charge is 2.43. The number of aryl methyl sites for hydroxylation is 1. The minimum Gasteiger partial charge on any atom is -0.356 e. The van der Waals surface area contributed by atoms with Gasteiger partial charge in [0.05, 0.1) is 21.2 Å². The Hall–Kier alpha value is -2.52. The van der Waals surface area contributed by atoms with Gasteiger partial charge in [0, 0.05) is 37.4 Å². The molecule has 1 amide bonds. The third-order valence-corrected chi connectivity index (χ3v) is 6.51. The van der Waals surface area contributed by atoms with Crippen LogP contribution in [0.5, 0.6) is 0 Å². The Kier molecular flexibility index (Phi) is 5.40. The van der Waals surface area contributed by atoms with Gasteiger partial charge in [-0.3, -0.25) is 14.4 Å². The van der Waals surface area contributed by atoms with Gasteiger partial charge in [-0.2, -0.15) is 0 Å². The Balaban J connectivity index is 2.18. The quantitative estimate of drug-likeness (QED) is 0.531. The van der Waals surface area contributed by atoms with E-state index in [-0.39, 0.29) is 39.3 Å². The van der Waals surface area contributed by atoms with Gasteiger partial charge in [-0.05, 0) is 26.0 Å². The van der Waals surface area contributed by atoms with Crippen LogP contribution in [0.15, 0.2) is 27.6 Å². The molecule has 1 fully saturated rings. The number of hydrogen-bond acceptors (Lipinski definition) is 7.